The lowest BCUT2D eigenvalue weighted by Gasteiger charge is -2.30. The lowest BCUT2D eigenvalue weighted by Crippen LogP contribution is -2.38. The van der Waals surface area contributed by atoms with Gasteiger partial charge in [-0.25, -0.2) is 0 Å². The molecular weight excluding hydrogens is 280 g/mol. The number of aryl methyl sites for hydroxylation is 1. The molecule has 0 radical (unpaired) electrons. The maximum atomic E-state index is 12.7. The first-order valence-corrected chi connectivity index (χ1v) is 8.14. The Hall–Kier alpha value is -1.33. The van der Waals surface area contributed by atoms with Crippen molar-refractivity contribution >= 4 is 5.91 Å². The highest BCUT2D eigenvalue weighted by molar-refractivity contribution is 5.93. The van der Waals surface area contributed by atoms with Crippen LogP contribution in [0.4, 0.5) is 0 Å². The van der Waals surface area contributed by atoms with Crippen molar-refractivity contribution < 1.29 is 13.9 Å². The van der Waals surface area contributed by atoms with Crippen molar-refractivity contribution in [1.29, 1.82) is 0 Å². The summed E-state index contributed by atoms with van der Waals surface area (Å²) in [5.74, 6) is 1.03. The van der Waals surface area contributed by atoms with Gasteiger partial charge in [0.1, 0.15) is 0 Å². The third-order valence-electron chi connectivity index (χ3n) is 5.43. The first-order chi connectivity index (χ1) is 10.6. The average molecular weight is 306 g/mol. The van der Waals surface area contributed by atoms with E-state index in [9.17, 15) is 4.79 Å². The predicted molar refractivity (Wildman–Crippen MR) is 83.9 cm³/mol. The summed E-state index contributed by atoms with van der Waals surface area (Å²) in [5, 5.41) is 0. The summed E-state index contributed by atoms with van der Waals surface area (Å²) in [6.07, 6.45) is 2.65. The van der Waals surface area contributed by atoms with Crippen LogP contribution in [0.15, 0.2) is 16.7 Å². The molecule has 2 fully saturated rings. The first kappa shape index (κ1) is 15.6. The number of nitrogens with zero attached hydrogens (tertiary/aromatic N) is 2. The summed E-state index contributed by atoms with van der Waals surface area (Å²) >= 11 is 0. The molecule has 0 N–H and O–H groups in total. The second-order valence-electron chi connectivity index (χ2n) is 6.75. The molecule has 0 saturated carbocycles. The monoisotopic (exact) mass is 306 g/mol. The Morgan fingerprint density at radius 3 is 2.95 bits per heavy atom. The topological polar surface area (TPSA) is 45.9 Å². The SMILES string of the molecule is CCN1C[C@H](COC)[C@]2(CCN(C(=O)c3occc3C)C2)C1. The van der Waals surface area contributed by atoms with Crippen LogP contribution in [0.3, 0.4) is 0 Å². The van der Waals surface area contributed by atoms with Crippen LogP contribution in [0.25, 0.3) is 0 Å². The van der Waals surface area contributed by atoms with Crippen LogP contribution in [0.1, 0.15) is 29.5 Å². The van der Waals surface area contributed by atoms with Crippen molar-refractivity contribution in [2.75, 3.05) is 46.4 Å². The van der Waals surface area contributed by atoms with E-state index in [-0.39, 0.29) is 11.3 Å². The molecule has 22 heavy (non-hydrogen) atoms. The van der Waals surface area contributed by atoms with Gasteiger partial charge in [0.2, 0.25) is 0 Å². The van der Waals surface area contributed by atoms with Crippen LogP contribution in [0, 0.1) is 18.3 Å². The molecule has 2 aliphatic rings. The smallest absolute Gasteiger partial charge is 0.289 e. The van der Waals surface area contributed by atoms with Gasteiger partial charge >= 0.3 is 0 Å². The molecule has 5 heteroatoms. The Balaban J connectivity index is 1.75. The molecule has 0 bridgehead atoms. The predicted octanol–water partition coefficient (Wildman–Crippen LogP) is 2.02. The van der Waals surface area contributed by atoms with E-state index in [1.807, 2.05) is 17.9 Å². The summed E-state index contributed by atoms with van der Waals surface area (Å²) in [6, 6.07) is 1.85. The number of rotatable bonds is 4. The zero-order chi connectivity index (χ0) is 15.7. The molecule has 1 amide bonds. The Bertz CT molecular complexity index is 542. The molecular formula is C17H26N2O3. The largest absolute Gasteiger partial charge is 0.459 e. The zero-order valence-corrected chi connectivity index (χ0v) is 13.8. The standard InChI is InChI=1S/C17H26N2O3/c1-4-18-9-14(10-21-3)17(11-18)6-7-19(12-17)16(20)15-13(2)5-8-22-15/h5,8,14H,4,6-7,9-12H2,1-3H3/t14-,17-/m1/s1. The number of methoxy groups -OCH3 is 1. The van der Waals surface area contributed by atoms with Gasteiger partial charge in [-0.3, -0.25) is 4.79 Å². The lowest BCUT2D eigenvalue weighted by atomic mass is 9.77. The van der Waals surface area contributed by atoms with Gasteiger partial charge in [-0.05, 0) is 26.0 Å². The summed E-state index contributed by atoms with van der Waals surface area (Å²) < 4.78 is 10.8. The Morgan fingerprint density at radius 1 is 1.50 bits per heavy atom. The molecule has 1 spiro atoms. The number of carbonyl (C=O) groups is 1. The van der Waals surface area contributed by atoms with Crippen molar-refractivity contribution in [2.24, 2.45) is 11.3 Å². The highest BCUT2D eigenvalue weighted by Crippen LogP contribution is 2.44. The second-order valence-corrected chi connectivity index (χ2v) is 6.75. The average Bonchev–Trinajstić information content (AvgIpc) is 3.20. The first-order valence-electron chi connectivity index (χ1n) is 8.14. The van der Waals surface area contributed by atoms with Gasteiger partial charge in [0.25, 0.3) is 5.91 Å². The molecule has 3 heterocycles. The van der Waals surface area contributed by atoms with E-state index < -0.39 is 0 Å². The van der Waals surface area contributed by atoms with Gasteiger partial charge < -0.3 is 19.0 Å². The summed E-state index contributed by atoms with van der Waals surface area (Å²) in [5.41, 5.74) is 1.10. The van der Waals surface area contributed by atoms with E-state index in [2.05, 4.69) is 11.8 Å². The van der Waals surface area contributed by atoms with E-state index in [0.29, 0.717) is 11.7 Å². The molecule has 1 aromatic heterocycles. The van der Waals surface area contributed by atoms with Crippen LogP contribution in [0.2, 0.25) is 0 Å². The fourth-order valence-corrected chi connectivity index (χ4v) is 4.08. The molecule has 2 saturated heterocycles. The Labute approximate surface area is 132 Å². The minimum atomic E-state index is 0.0329. The van der Waals surface area contributed by atoms with Gasteiger partial charge in [-0.2, -0.15) is 0 Å². The number of furan rings is 1. The normalized spacial score (nSPS) is 28.9. The van der Waals surface area contributed by atoms with Gasteiger partial charge in [-0.1, -0.05) is 6.92 Å². The van der Waals surface area contributed by atoms with E-state index in [0.717, 1.165) is 51.3 Å². The van der Waals surface area contributed by atoms with E-state index in [1.165, 1.54) is 0 Å². The van der Waals surface area contributed by atoms with Crippen molar-refractivity contribution in [2.45, 2.75) is 20.3 Å². The number of ether oxygens (including phenoxy) is 1. The molecule has 0 unspecified atom stereocenters. The van der Waals surface area contributed by atoms with Crippen molar-refractivity contribution in [1.82, 2.24) is 9.80 Å². The third-order valence-corrected chi connectivity index (χ3v) is 5.43. The molecule has 0 aliphatic carbocycles. The Kier molecular flexibility index (Phi) is 4.28. The van der Waals surface area contributed by atoms with E-state index in [1.54, 1.807) is 13.4 Å². The van der Waals surface area contributed by atoms with E-state index in [4.69, 9.17) is 9.15 Å². The molecule has 1 aromatic rings. The molecule has 2 aliphatic heterocycles. The fraction of sp³-hybridized carbons (Fsp3) is 0.706. The van der Waals surface area contributed by atoms with Crippen LogP contribution >= 0.6 is 0 Å². The van der Waals surface area contributed by atoms with Crippen LogP contribution in [0.5, 0.6) is 0 Å². The minimum Gasteiger partial charge on any atom is -0.459 e. The van der Waals surface area contributed by atoms with Gasteiger partial charge in [-0.15, -0.1) is 0 Å². The van der Waals surface area contributed by atoms with Crippen molar-refractivity contribution in [3.05, 3.63) is 23.7 Å². The molecule has 122 valence electrons. The number of carbonyl (C=O) groups excluding carboxylic acids is 1. The Morgan fingerprint density at radius 2 is 2.32 bits per heavy atom. The van der Waals surface area contributed by atoms with Crippen LogP contribution in [-0.2, 0) is 4.74 Å². The summed E-state index contributed by atoms with van der Waals surface area (Å²) in [6.45, 7) is 9.74. The maximum absolute atomic E-state index is 12.7. The minimum absolute atomic E-state index is 0.0329. The van der Waals surface area contributed by atoms with Gasteiger partial charge in [0.05, 0.1) is 12.9 Å². The maximum Gasteiger partial charge on any atom is 0.289 e. The van der Waals surface area contributed by atoms with Gasteiger partial charge in [0.15, 0.2) is 5.76 Å². The lowest BCUT2D eigenvalue weighted by molar-refractivity contribution is 0.0688. The molecule has 2 atom stereocenters. The van der Waals surface area contributed by atoms with Crippen molar-refractivity contribution in [3.8, 4) is 0 Å². The summed E-state index contributed by atoms with van der Waals surface area (Å²) in [7, 11) is 1.77. The van der Waals surface area contributed by atoms with Crippen LogP contribution in [-0.4, -0.2) is 62.1 Å². The molecule has 3 rings (SSSR count). The van der Waals surface area contributed by atoms with Crippen LogP contribution < -0.4 is 0 Å². The second kappa shape index (κ2) is 6.05. The quantitative estimate of drug-likeness (QED) is 0.854. The highest BCUT2D eigenvalue weighted by Gasteiger charge is 2.51. The fourth-order valence-electron chi connectivity index (χ4n) is 4.08. The number of hydrogen-bond acceptors (Lipinski definition) is 4. The summed E-state index contributed by atoms with van der Waals surface area (Å²) in [4.78, 5) is 17.1. The van der Waals surface area contributed by atoms with E-state index >= 15 is 0 Å². The molecule has 5 nitrogen and oxygen atoms in total. The third kappa shape index (κ3) is 2.57. The zero-order valence-electron chi connectivity index (χ0n) is 13.8. The van der Waals surface area contributed by atoms with Gasteiger partial charge in [0, 0.05) is 50.2 Å². The number of amides is 1. The van der Waals surface area contributed by atoms with Crippen molar-refractivity contribution in [3.63, 3.8) is 0 Å². The number of likely N-dealkylation sites (tertiary alicyclic amines) is 2. The number of hydrogen-bond donors (Lipinski definition) is 0. The molecule has 0 aromatic carbocycles. The highest BCUT2D eigenvalue weighted by atomic mass is 16.5.